The third-order valence-electron chi connectivity index (χ3n) is 3.68. The highest BCUT2D eigenvalue weighted by Crippen LogP contribution is 2.27. The van der Waals surface area contributed by atoms with E-state index in [1.54, 1.807) is 24.3 Å². The number of amides is 3. The molecule has 1 aromatic carbocycles. The quantitative estimate of drug-likeness (QED) is 0.625. The van der Waals surface area contributed by atoms with Crippen molar-refractivity contribution in [2.24, 2.45) is 5.73 Å². The van der Waals surface area contributed by atoms with Crippen molar-refractivity contribution >= 4 is 40.6 Å². The van der Waals surface area contributed by atoms with Crippen LogP contribution in [0.1, 0.15) is 47.9 Å². The number of rotatable bonds is 7. The van der Waals surface area contributed by atoms with Gasteiger partial charge in [0.2, 0.25) is 5.91 Å². The first-order valence-electron chi connectivity index (χ1n) is 8.94. The first-order valence-corrected chi connectivity index (χ1v) is 9.71. The number of hydrogen-bond donors (Lipinski definition) is 3. The Hall–Kier alpha value is -3.14. The van der Waals surface area contributed by atoms with E-state index in [2.05, 4.69) is 9.69 Å². The SMILES string of the molecule is CCOc1ccc(N(CC(=O)NC(C)(C)C)C(=O)c2snc(C(N)=O)c2N)cc1. The van der Waals surface area contributed by atoms with Crippen LogP contribution in [-0.2, 0) is 4.79 Å². The Morgan fingerprint density at radius 2 is 1.83 bits per heavy atom. The lowest BCUT2D eigenvalue weighted by atomic mass is 10.1. The van der Waals surface area contributed by atoms with Gasteiger partial charge in [-0.25, -0.2) is 0 Å². The van der Waals surface area contributed by atoms with Crippen LogP contribution in [0.2, 0.25) is 0 Å². The van der Waals surface area contributed by atoms with Crippen LogP contribution in [0.3, 0.4) is 0 Å². The Bertz CT molecular complexity index is 902. The predicted octanol–water partition coefficient (Wildman–Crippen LogP) is 1.78. The molecular weight excluding hydrogens is 394 g/mol. The minimum absolute atomic E-state index is 0.0382. The zero-order valence-corrected chi connectivity index (χ0v) is 17.6. The van der Waals surface area contributed by atoms with Crippen molar-refractivity contribution in [1.82, 2.24) is 9.69 Å². The van der Waals surface area contributed by atoms with Gasteiger partial charge < -0.3 is 21.5 Å². The van der Waals surface area contributed by atoms with Gasteiger partial charge >= 0.3 is 0 Å². The number of carbonyl (C=O) groups excluding carboxylic acids is 3. The van der Waals surface area contributed by atoms with Crippen LogP contribution in [-0.4, -0.2) is 40.8 Å². The van der Waals surface area contributed by atoms with E-state index in [1.165, 1.54) is 4.90 Å². The van der Waals surface area contributed by atoms with E-state index in [9.17, 15) is 14.4 Å². The smallest absolute Gasteiger partial charge is 0.272 e. The Labute approximate surface area is 173 Å². The molecule has 156 valence electrons. The van der Waals surface area contributed by atoms with Crippen molar-refractivity contribution in [2.45, 2.75) is 33.2 Å². The summed E-state index contributed by atoms with van der Waals surface area (Å²) in [6.45, 7) is 7.65. The second kappa shape index (κ2) is 8.91. The minimum Gasteiger partial charge on any atom is -0.494 e. The molecule has 3 amide bonds. The maximum absolute atomic E-state index is 13.2. The number of nitrogens with one attached hydrogen (secondary N) is 1. The molecule has 1 heterocycles. The maximum atomic E-state index is 13.2. The number of primary amides is 1. The van der Waals surface area contributed by atoms with E-state index < -0.39 is 17.4 Å². The summed E-state index contributed by atoms with van der Waals surface area (Å²) in [5, 5.41) is 2.82. The zero-order chi connectivity index (χ0) is 21.8. The van der Waals surface area contributed by atoms with E-state index in [-0.39, 0.29) is 28.7 Å². The summed E-state index contributed by atoms with van der Waals surface area (Å²) in [4.78, 5) is 38.4. The lowest BCUT2D eigenvalue weighted by molar-refractivity contribution is -0.121. The third kappa shape index (κ3) is 5.67. The molecular formula is C19H25N5O4S. The Kier molecular flexibility index (Phi) is 6.80. The summed E-state index contributed by atoms with van der Waals surface area (Å²) in [5.74, 6) is -1.09. The van der Waals surface area contributed by atoms with Crippen LogP contribution in [0, 0.1) is 0 Å². The molecule has 0 aliphatic rings. The van der Waals surface area contributed by atoms with E-state index in [4.69, 9.17) is 16.2 Å². The van der Waals surface area contributed by atoms with Gasteiger partial charge in [0.25, 0.3) is 11.8 Å². The molecule has 0 aliphatic heterocycles. The highest BCUT2D eigenvalue weighted by molar-refractivity contribution is 7.09. The number of nitrogens with zero attached hydrogens (tertiary/aromatic N) is 2. The molecule has 0 saturated heterocycles. The molecule has 2 aromatic rings. The molecule has 0 bridgehead atoms. The number of nitrogen functional groups attached to an aromatic ring is 1. The average Bonchev–Trinajstić information content (AvgIpc) is 3.00. The van der Waals surface area contributed by atoms with Crippen LogP contribution in [0.25, 0.3) is 0 Å². The first kappa shape index (κ1) is 22.2. The summed E-state index contributed by atoms with van der Waals surface area (Å²) >= 11 is 0.764. The summed E-state index contributed by atoms with van der Waals surface area (Å²) in [6, 6.07) is 6.73. The number of aromatic nitrogens is 1. The topological polar surface area (TPSA) is 141 Å². The van der Waals surface area contributed by atoms with Crippen molar-refractivity contribution in [3.8, 4) is 5.75 Å². The van der Waals surface area contributed by atoms with Gasteiger partial charge in [-0.1, -0.05) is 0 Å². The fraction of sp³-hybridized carbons (Fsp3) is 0.368. The second-order valence-corrected chi connectivity index (χ2v) is 8.03. The van der Waals surface area contributed by atoms with Crippen molar-refractivity contribution in [3.63, 3.8) is 0 Å². The Morgan fingerprint density at radius 1 is 1.21 bits per heavy atom. The predicted molar refractivity (Wildman–Crippen MR) is 112 cm³/mol. The highest BCUT2D eigenvalue weighted by atomic mass is 32.1. The number of nitrogens with two attached hydrogens (primary N) is 2. The normalized spacial score (nSPS) is 11.0. The molecule has 0 spiro atoms. The fourth-order valence-electron chi connectivity index (χ4n) is 2.52. The average molecular weight is 420 g/mol. The van der Waals surface area contributed by atoms with Gasteiger partial charge in [-0.05, 0) is 63.5 Å². The summed E-state index contributed by atoms with van der Waals surface area (Å²) in [6.07, 6.45) is 0. The monoisotopic (exact) mass is 419 g/mol. The molecule has 2 rings (SSSR count). The van der Waals surface area contributed by atoms with Gasteiger partial charge in [-0.3, -0.25) is 19.3 Å². The van der Waals surface area contributed by atoms with Gasteiger partial charge in [0, 0.05) is 11.2 Å². The molecule has 0 saturated carbocycles. The summed E-state index contributed by atoms with van der Waals surface area (Å²) in [5.41, 5.74) is 10.9. The van der Waals surface area contributed by atoms with Crippen LogP contribution in [0.5, 0.6) is 5.75 Å². The standard InChI is InChI=1S/C19H25N5O4S/c1-5-28-12-8-6-11(7-9-12)24(10-13(25)22-19(2,3)4)18(27)16-14(20)15(17(21)26)23-29-16/h6-9H,5,10,20H2,1-4H3,(H2,21,26)(H,22,25). The van der Waals surface area contributed by atoms with Gasteiger partial charge in [-0.15, -0.1) is 0 Å². The number of hydrogen-bond acceptors (Lipinski definition) is 7. The lowest BCUT2D eigenvalue weighted by Gasteiger charge is -2.26. The van der Waals surface area contributed by atoms with Crippen LogP contribution < -0.4 is 26.4 Å². The third-order valence-corrected chi connectivity index (χ3v) is 4.53. The van der Waals surface area contributed by atoms with Crippen molar-refractivity contribution in [2.75, 3.05) is 23.8 Å². The Balaban J connectivity index is 2.39. The molecule has 0 atom stereocenters. The Morgan fingerprint density at radius 3 is 2.31 bits per heavy atom. The van der Waals surface area contributed by atoms with Gasteiger partial charge in [0.1, 0.15) is 17.2 Å². The summed E-state index contributed by atoms with van der Waals surface area (Å²) < 4.78 is 9.28. The minimum atomic E-state index is -0.823. The summed E-state index contributed by atoms with van der Waals surface area (Å²) in [7, 11) is 0. The second-order valence-electron chi connectivity index (χ2n) is 7.25. The number of anilines is 2. The molecule has 0 fully saturated rings. The first-order chi connectivity index (χ1) is 13.5. The number of ether oxygens (including phenoxy) is 1. The van der Waals surface area contributed by atoms with E-state index in [0.29, 0.717) is 18.0 Å². The maximum Gasteiger partial charge on any atom is 0.272 e. The van der Waals surface area contributed by atoms with E-state index >= 15 is 0 Å². The number of benzene rings is 1. The molecule has 0 radical (unpaired) electrons. The largest absolute Gasteiger partial charge is 0.494 e. The van der Waals surface area contributed by atoms with E-state index in [1.807, 2.05) is 27.7 Å². The highest BCUT2D eigenvalue weighted by Gasteiger charge is 2.28. The molecule has 0 unspecified atom stereocenters. The number of carbonyl (C=O) groups is 3. The van der Waals surface area contributed by atoms with Crippen molar-refractivity contribution in [3.05, 3.63) is 34.8 Å². The van der Waals surface area contributed by atoms with Crippen LogP contribution >= 0.6 is 11.5 Å². The van der Waals surface area contributed by atoms with Crippen LogP contribution in [0.15, 0.2) is 24.3 Å². The molecule has 5 N–H and O–H groups in total. The van der Waals surface area contributed by atoms with E-state index in [0.717, 1.165) is 11.5 Å². The molecule has 10 heteroatoms. The van der Waals surface area contributed by atoms with Gasteiger partial charge in [-0.2, -0.15) is 4.37 Å². The molecule has 9 nitrogen and oxygen atoms in total. The van der Waals surface area contributed by atoms with Gasteiger partial charge in [0.15, 0.2) is 5.69 Å². The van der Waals surface area contributed by atoms with Crippen LogP contribution in [0.4, 0.5) is 11.4 Å². The molecule has 0 aliphatic carbocycles. The van der Waals surface area contributed by atoms with Gasteiger partial charge in [0.05, 0.1) is 12.3 Å². The molecule has 29 heavy (non-hydrogen) atoms. The zero-order valence-electron chi connectivity index (χ0n) is 16.8. The molecule has 1 aromatic heterocycles. The fourth-order valence-corrected chi connectivity index (χ4v) is 3.28. The lowest BCUT2D eigenvalue weighted by Crippen LogP contribution is -2.47. The van der Waals surface area contributed by atoms with Crippen molar-refractivity contribution in [1.29, 1.82) is 0 Å². The van der Waals surface area contributed by atoms with Crippen molar-refractivity contribution < 1.29 is 19.1 Å².